The summed E-state index contributed by atoms with van der Waals surface area (Å²) in [7, 11) is 0. The lowest BCUT2D eigenvalue weighted by molar-refractivity contribution is -0.141. The van der Waals surface area contributed by atoms with Crippen molar-refractivity contribution in [2.45, 2.75) is 19.1 Å². The number of hydrogen-bond acceptors (Lipinski definition) is 3. The molecule has 0 saturated heterocycles. The number of anilines is 1. The number of rotatable bonds is 4. The van der Waals surface area contributed by atoms with Crippen LogP contribution in [0.25, 0.3) is 10.8 Å². The van der Waals surface area contributed by atoms with E-state index in [0.717, 1.165) is 10.8 Å². The maximum Gasteiger partial charge on any atom is 0.328 e. The highest BCUT2D eigenvalue weighted by atomic mass is 16.4. The van der Waals surface area contributed by atoms with Gasteiger partial charge in [0.05, 0.1) is 6.10 Å². The Morgan fingerprint density at radius 3 is 2.38 bits per heavy atom. The summed E-state index contributed by atoms with van der Waals surface area (Å²) in [4.78, 5) is 22.7. The molecule has 2 amide bonds. The monoisotopic (exact) mass is 288 g/mol. The number of urea groups is 1. The van der Waals surface area contributed by atoms with Gasteiger partial charge < -0.3 is 20.8 Å². The molecule has 2 aromatic carbocycles. The molecule has 0 saturated carbocycles. The van der Waals surface area contributed by atoms with Crippen LogP contribution in [0.1, 0.15) is 6.92 Å². The first-order valence-electron chi connectivity index (χ1n) is 6.44. The van der Waals surface area contributed by atoms with E-state index in [1.165, 1.54) is 6.92 Å². The minimum atomic E-state index is -1.36. The first kappa shape index (κ1) is 14.8. The number of fused-ring (bicyclic) bond motifs is 1. The van der Waals surface area contributed by atoms with Gasteiger partial charge in [-0.05, 0) is 29.8 Å². The number of hydrogen-bond donors (Lipinski definition) is 4. The van der Waals surface area contributed by atoms with Gasteiger partial charge in [0.2, 0.25) is 0 Å². The average molecular weight is 288 g/mol. The molecule has 0 bridgehead atoms. The summed E-state index contributed by atoms with van der Waals surface area (Å²) >= 11 is 0. The smallest absolute Gasteiger partial charge is 0.328 e. The molecule has 6 heteroatoms. The molecule has 0 radical (unpaired) electrons. The Labute approximate surface area is 121 Å². The first-order valence-corrected chi connectivity index (χ1v) is 6.44. The van der Waals surface area contributed by atoms with Crippen molar-refractivity contribution in [3.05, 3.63) is 42.5 Å². The minimum Gasteiger partial charge on any atom is -0.480 e. The van der Waals surface area contributed by atoms with E-state index in [2.05, 4.69) is 10.6 Å². The molecule has 0 aliphatic heterocycles. The fourth-order valence-corrected chi connectivity index (χ4v) is 1.96. The number of carbonyl (C=O) groups excluding carboxylic acids is 1. The van der Waals surface area contributed by atoms with Crippen molar-refractivity contribution in [2.24, 2.45) is 0 Å². The first-order chi connectivity index (χ1) is 9.97. The van der Waals surface area contributed by atoms with Crippen LogP contribution < -0.4 is 10.6 Å². The number of amides is 2. The van der Waals surface area contributed by atoms with Gasteiger partial charge >= 0.3 is 12.0 Å². The highest BCUT2D eigenvalue weighted by Gasteiger charge is 2.24. The van der Waals surface area contributed by atoms with Gasteiger partial charge in [-0.1, -0.05) is 30.3 Å². The third-order valence-corrected chi connectivity index (χ3v) is 3.04. The third-order valence-electron chi connectivity index (χ3n) is 3.04. The van der Waals surface area contributed by atoms with E-state index in [1.807, 2.05) is 30.3 Å². The molecule has 2 rings (SSSR count). The SMILES string of the molecule is CC(O)C(NC(=O)Nc1ccc2ccccc2c1)C(=O)O. The van der Waals surface area contributed by atoms with Crippen molar-refractivity contribution in [2.75, 3.05) is 5.32 Å². The maximum atomic E-state index is 11.8. The van der Waals surface area contributed by atoms with E-state index in [1.54, 1.807) is 12.1 Å². The molecular formula is C15H16N2O4. The van der Waals surface area contributed by atoms with E-state index in [9.17, 15) is 14.7 Å². The van der Waals surface area contributed by atoms with E-state index < -0.39 is 24.1 Å². The molecule has 0 aromatic heterocycles. The van der Waals surface area contributed by atoms with Gasteiger partial charge in [0.25, 0.3) is 0 Å². The number of carbonyl (C=O) groups is 2. The molecule has 0 heterocycles. The Kier molecular flexibility index (Phi) is 4.39. The van der Waals surface area contributed by atoms with Crippen LogP contribution >= 0.6 is 0 Å². The molecule has 21 heavy (non-hydrogen) atoms. The Hall–Kier alpha value is -2.60. The van der Waals surface area contributed by atoms with Gasteiger partial charge in [0, 0.05) is 5.69 Å². The summed E-state index contributed by atoms with van der Waals surface area (Å²) in [5.41, 5.74) is 0.543. The van der Waals surface area contributed by atoms with Crippen molar-refractivity contribution in [3.63, 3.8) is 0 Å². The highest BCUT2D eigenvalue weighted by molar-refractivity contribution is 5.95. The zero-order chi connectivity index (χ0) is 15.4. The van der Waals surface area contributed by atoms with Crippen LogP contribution in [-0.2, 0) is 4.79 Å². The van der Waals surface area contributed by atoms with Gasteiger partial charge in [0.1, 0.15) is 0 Å². The van der Waals surface area contributed by atoms with Crippen LogP contribution in [-0.4, -0.2) is 34.4 Å². The quantitative estimate of drug-likeness (QED) is 0.689. The fourth-order valence-electron chi connectivity index (χ4n) is 1.96. The van der Waals surface area contributed by atoms with E-state index in [-0.39, 0.29) is 0 Å². The van der Waals surface area contributed by atoms with Crippen LogP contribution in [0.2, 0.25) is 0 Å². The van der Waals surface area contributed by atoms with Gasteiger partial charge in [-0.3, -0.25) is 0 Å². The fraction of sp³-hybridized carbons (Fsp3) is 0.200. The maximum absolute atomic E-state index is 11.8. The number of benzene rings is 2. The molecule has 6 nitrogen and oxygen atoms in total. The van der Waals surface area contributed by atoms with Crippen LogP contribution in [0.4, 0.5) is 10.5 Å². The van der Waals surface area contributed by atoms with Crippen molar-refractivity contribution in [1.82, 2.24) is 5.32 Å². The molecule has 2 atom stereocenters. The highest BCUT2D eigenvalue weighted by Crippen LogP contribution is 2.18. The Morgan fingerprint density at radius 2 is 1.76 bits per heavy atom. The topological polar surface area (TPSA) is 98.7 Å². The Bertz CT molecular complexity index is 670. The molecule has 0 fully saturated rings. The third kappa shape index (κ3) is 3.70. The lowest BCUT2D eigenvalue weighted by atomic mass is 10.1. The van der Waals surface area contributed by atoms with Gasteiger partial charge in [0.15, 0.2) is 6.04 Å². The van der Waals surface area contributed by atoms with E-state index >= 15 is 0 Å². The molecular weight excluding hydrogens is 272 g/mol. The minimum absolute atomic E-state index is 0.543. The van der Waals surface area contributed by atoms with Crippen LogP contribution in [0.3, 0.4) is 0 Å². The number of aliphatic hydroxyl groups excluding tert-OH is 1. The molecule has 4 N–H and O–H groups in total. The number of carboxylic acid groups (broad SMARTS) is 1. The van der Waals surface area contributed by atoms with Crippen molar-refractivity contribution >= 4 is 28.5 Å². The van der Waals surface area contributed by atoms with Crippen molar-refractivity contribution < 1.29 is 19.8 Å². The zero-order valence-corrected chi connectivity index (χ0v) is 11.4. The summed E-state index contributed by atoms with van der Waals surface area (Å²) in [5, 5.41) is 25.0. The Balaban J connectivity index is 2.08. The van der Waals surface area contributed by atoms with Gasteiger partial charge in [-0.25, -0.2) is 9.59 Å². The average Bonchev–Trinajstić information content (AvgIpc) is 2.44. The molecule has 0 spiro atoms. The van der Waals surface area contributed by atoms with E-state index in [4.69, 9.17) is 5.11 Å². The number of nitrogens with one attached hydrogen (secondary N) is 2. The largest absolute Gasteiger partial charge is 0.480 e. The van der Waals surface area contributed by atoms with Crippen LogP contribution in [0.5, 0.6) is 0 Å². The van der Waals surface area contributed by atoms with Crippen LogP contribution in [0.15, 0.2) is 42.5 Å². The summed E-state index contributed by atoms with van der Waals surface area (Å²) in [6, 6.07) is 11.0. The molecule has 2 aromatic rings. The van der Waals surface area contributed by atoms with Crippen molar-refractivity contribution in [1.29, 1.82) is 0 Å². The molecule has 110 valence electrons. The zero-order valence-electron chi connectivity index (χ0n) is 11.4. The lowest BCUT2D eigenvalue weighted by Crippen LogP contribution is -2.49. The predicted octanol–water partition coefficient (Wildman–Crippen LogP) is 1.80. The number of aliphatic hydroxyl groups is 1. The summed E-state index contributed by atoms with van der Waals surface area (Å²) in [5.74, 6) is -1.29. The summed E-state index contributed by atoms with van der Waals surface area (Å²) < 4.78 is 0. The van der Waals surface area contributed by atoms with Gasteiger partial charge in [-0.2, -0.15) is 0 Å². The lowest BCUT2D eigenvalue weighted by Gasteiger charge is -2.17. The molecule has 0 aliphatic rings. The number of aliphatic carboxylic acids is 1. The Morgan fingerprint density at radius 1 is 1.10 bits per heavy atom. The molecule has 2 unspecified atom stereocenters. The van der Waals surface area contributed by atoms with Crippen molar-refractivity contribution in [3.8, 4) is 0 Å². The van der Waals surface area contributed by atoms with E-state index in [0.29, 0.717) is 5.69 Å². The van der Waals surface area contributed by atoms with Gasteiger partial charge in [-0.15, -0.1) is 0 Å². The second-order valence-corrected chi connectivity index (χ2v) is 4.72. The molecule has 0 aliphatic carbocycles. The summed E-state index contributed by atoms with van der Waals surface area (Å²) in [6.45, 7) is 1.30. The predicted molar refractivity (Wildman–Crippen MR) is 79.2 cm³/mol. The second-order valence-electron chi connectivity index (χ2n) is 4.72. The second kappa shape index (κ2) is 6.23. The standard InChI is InChI=1S/C15H16N2O4/c1-9(18)13(14(19)20)17-15(21)16-12-7-6-10-4-2-3-5-11(10)8-12/h2-9,13,18H,1H3,(H,19,20)(H2,16,17,21). The van der Waals surface area contributed by atoms with Crippen LogP contribution in [0, 0.1) is 0 Å². The summed E-state index contributed by atoms with van der Waals surface area (Å²) in [6.07, 6.45) is -1.19. The number of carboxylic acids is 1. The normalized spacial score (nSPS) is 13.4.